The van der Waals surface area contributed by atoms with Gasteiger partial charge in [-0.25, -0.2) is 0 Å². The molecule has 2 rings (SSSR count). The second-order valence-corrected chi connectivity index (χ2v) is 6.17. The third-order valence-corrected chi connectivity index (χ3v) is 4.94. The number of piperazine rings is 1. The molecule has 0 saturated carbocycles. The van der Waals surface area contributed by atoms with Crippen LogP contribution in [0.4, 0.5) is 0 Å². The summed E-state index contributed by atoms with van der Waals surface area (Å²) in [6.45, 7) is 7.15. The van der Waals surface area contributed by atoms with Crippen LogP contribution >= 0.6 is 11.6 Å². The van der Waals surface area contributed by atoms with Crippen LogP contribution in [0, 0.1) is 6.92 Å². The molecule has 0 aliphatic carbocycles. The zero-order valence-corrected chi connectivity index (χ0v) is 14.3. The average molecular weight is 329 g/mol. The number of carbonyl (C=O) groups excluding carboxylic acids is 1. The zero-order valence-electron chi connectivity index (χ0n) is 13.5. The number of aromatic nitrogens is 2. The SMILES string of the molecule is CCC(CO)N1CCN(C(=O)Cc2c(C)nn(C)c2Cl)CC1. The number of carbonyl (C=O) groups is 1. The lowest BCUT2D eigenvalue weighted by atomic mass is 10.1. The van der Waals surface area contributed by atoms with Gasteiger partial charge in [-0.15, -0.1) is 0 Å². The topological polar surface area (TPSA) is 61.6 Å². The number of halogens is 1. The summed E-state index contributed by atoms with van der Waals surface area (Å²) in [4.78, 5) is 16.6. The predicted molar refractivity (Wildman–Crippen MR) is 86.0 cm³/mol. The summed E-state index contributed by atoms with van der Waals surface area (Å²) in [5, 5.41) is 14.1. The molecular weight excluding hydrogens is 304 g/mol. The number of aliphatic hydroxyl groups is 1. The number of aryl methyl sites for hydroxylation is 2. The fourth-order valence-electron chi connectivity index (χ4n) is 2.98. The number of hydrogen-bond donors (Lipinski definition) is 1. The van der Waals surface area contributed by atoms with Gasteiger partial charge in [-0.05, 0) is 13.3 Å². The van der Waals surface area contributed by atoms with E-state index in [1.54, 1.807) is 11.7 Å². The summed E-state index contributed by atoms with van der Waals surface area (Å²) >= 11 is 6.19. The van der Waals surface area contributed by atoms with Crippen molar-refractivity contribution in [1.29, 1.82) is 0 Å². The molecule has 1 unspecified atom stereocenters. The van der Waals surface area contributed by atoms with Crippen molar-refractivity contribution in [3.63, 3.8) is 0 Å². The molecule has 22 heavy (non-hydrogen) atoms. The van der Waals surface area contributed by atoms with Gasteiger partial charge in [0, 0.05) is 44.8 Å². The molecule has 1 aliphatic rings. The Morgan fingerprint density at radius 1 is 1.36 bits per heavy atom. The minimum Gasteiger partial charge on any atom is -0.395 e. The lowest BCUT2D eigenvalue weighted by Gasteiger charge is -2.38. The van der Waals surface area contributed by atoms with Crippen molar-refractivity contribution in [3.05, 3.63) is 16.4 Å². The smallest absolute Gasteiger partial charge is 0.227 e. The molecule has 0 radical (unpaired) electrons. The Morgan fingerprint density at radius 2 is 2.00 bits per heavy atom. The second-order valence-electron chi connectivity index (χ2n) is 5.82. The van der Waals surface area contributed by atoms with Crippen LogP contribution in [0.1, 0.15) is 24.6 Å². The zero-order chi connectivity index (χ0) is 16.3. The Kier molecular flexibility index (Phi) is 5.83. The van der Waals surface area contributed by atoms with Crippen LogP contribution in [-0.2, 0) is 18.3 Å². The number of hydrogen-bond acceptors (Lipinski definition) is 4. The van der Waals surface area contributed by atoms with Gasteiger partial charge < -0.3 is 10.0 Å². The fourth-order valence-corrected chi connectivity index (χ4v) is 3.22. The molecule has 0 spiro atoms. The molecule has 6 nitrogen and oxygen atoms in total. The molecule has 1 fully saturated rings. The largest absolute Gasteiger partial charge is 0.395 e. The maximum Gasteiger partial charge on any atom is 0.227 e. The van der Waals surface area contributed by atoms with Crippen LogP contribution in [-0.4, -0.2) is 69.4 Å². The van der Waals surface area contributed by atoms with Crippen LogP contribution in [0.5, 0.6) is 0 Å². The van der Waals surface area contributed by atoms with Gasteiger partial charge in [-0.2, -0.15) is 5.10 Å². The first-order valence-corrected chi connectivity index (χ1v) is 8.16. The van der Waals surface area contributed by atoms with E-state index in [4.69, 9.17) is 11.6 Å². The Labute approximate surface area is 136 Å². The van der Waals surface area contributed by atoms with Crippen molar-refractivity contribution in [2.45, 2.75) is 32.7 Å². The summed E-state index contributed by atoms with van der Waals surface area (Å²) in [6, 6.07) is 0.201. The van der Waals surface area contributed by atoms with Gasteiger partial charge in [0.05, 0.1) is 18.7 Å². The van der Waals surface area contributed by atoms with Crippen molar-refractivity contribution in [3.8, 4) is 0 Å². The first-order chi connectivity index (χ1) is 10.5. The molecule has 1 saturated heterocycles. The first-order valence-electron chi connectivity index (χ1n) is 7.78. The maximum atomic E-state index is 12.5. The van der Waals surface area contributed by atoms with Gasteiger partial charge >= 0.3 is 0 Å². The Bertz CT molecular complexity index is 520. The second kappa shape index (κ2) is 7.44. The first kappa shape index (κ1) is 17.2. The van der Waals surface area contributed by atoms with E-state index in [1.807, 2.05) is 11.8 Å². The Morgan fingerprint density at radius 3 is 2.45 bits per heavy atom. The highest BCUT2D eigenvalue weighted by Gasteiger charge is 2.26. The molecule has 1 aliphatic heterocycles. The lowest BCUT2D eigenvalue weighted by molar-refractivity contribution is -0.132. The van der Waals surface area contributed by atoms with Crippen molar-refractivity contribution < 1.29 is 9.90 Å². The number of rotatable bonds is 5. The highest BCUT2D eigenvalue weighted by atomic mass is 35.5. The normalized spacial score (nSPS) is 17.8. The van der Waals surface area contributed by atoms with Crippen molar-refractivity contribution in [2.75, 3.05) is 32.8 Å². The van der Waals surface area contributed by atoms with Crippen LogP contribution in [0.2, 0.25) is 5.15 Å². The molecule has 2 heterocycles. The molecule has 1 atom stereocenters. The molecule has 1 amide bonds. The molecule has 0 bridgehead atoms. The third kappa shape index (κ3) is 3.62. The summed E-state index contributed by atoms with van der Waals surface area (Å²) in [5.41, 5.74) is 1.63. The van der Waals surface area contributed by atoms with Crippen molar-refractivity contribution in [2.24, 2.45) is 7.05 Å². The van der Waals surface area contributed by atoms with Crippen LogP contribution in [0.15, 0.2) is 0 Å². The minimum absolute atomic E-state index is 0.0923. The van der Waals surface area contributed by atoms with E-state index in [9.17, 15) is 9.90 Å². The summed E-state index contributed by atoms with van der Waals surface area (Å²) in [6.07, 6.45) is 1.23. The standard InChI is InChI=1S/C15H25ClN4O2/c1-4-12(10-21)19-5-7-20(8-6-19)14(22)9-13-11(2)17-18(3)15(13)16/h12,21H,4-10H2,1-3H3. The maximum absolute atomic E-state index is 12.5. The van der Waals surface area contributed by atoms with E-state index in [1.165, 1.54) is 0 Å². The van der Waals surface area contributed by atoms with Gasteiger partial charge in [0.25, 0.3) is 0 Å². The monoisotopic (exact) mass is 328 g/mol. The van der Waals surface area contributed by atoms with Crippen molar-refractivity contribution in [1.82, 2.24) is 19.6 Å². The molecule has 1 N–H and O–H groups in total. The molecule has 7 heteroatoms. The average Bonchev–Trinajstić information content (AvgIpc) is 2.75. The van der Waals surface area contributed by atoms with Gasteiger partial charge in [-0.1, -0.05) is 18.5 Å². The molecule has 124 valence electrons. The van der Waals surface area contributed by atoms with Gasteiger partial charge in [0.15, 0.2) is 0 Å². The van der Waals surface area contributed by atoms with E-state index in [0.29, 0.717) is 24.7 Å². The van der Waals surface area contributed by atoms with E-state index >= 15 is 0 Å². The highest BCUT2D eigenvalue weighted by molar-refractivity contribution is 6.30. The lowest BCUT2D eigenvalue weighted by Crippen LogP contribution is -2.53. The number of nitrogens with zero attached hydrogens (tertiary/aromatic N) is 4. The summed E-state index contributed by atoms with van der Waals surface area (Å²) in [7, 11) is 1.78. The third-order valence-electron chi connectivity index (χ3n) is 4.46. The number of amides is 1. The van der Waals surface area contributed by atoms with Gasteiger partial charge in [-0.3, -0.25) is 14.4 Å². The van der Waals surface area contributed by atoms with Crippen LogP contribution in [0.25, 0.3) is 0 Å². The molecular formula is C15H25ClN4O2. The molecule has 1 aromatic rings. The predicted octanol–water partition coefficient (Wildman–Crippen LogP) is 0.840. The van der Waals surface area contributed by atoms with E-state index in [0.717, 1.165) is 30.8 Å². The van der Waals surface area contributed by atoms with Crippen LogP contribution < -0.4 is 0 Å². The molecule has 0 aromatic carbocycles. The van der Waals surface area contributed by atoms with E-state index in [2.05, 4.69) is 16.9 Å². The number of aliphatic hydroxyl groups excluding tert-OH is 1. The van der Waals surface area contributed by atoms with E-state index < -0.39 is 0 Å². The summed E-state index contributed by atoms with van der Waals surface area (Å²) < 4.78 is 1.60. The Balaban J connectivity index is 1.93. The van der Waals surface area contributed by atoms with Crippen LogP contribution in [0.3, 0.4) is 0 Å². The van der Waals surface area contributed by atoms with Gasteiger partial charge in [0.1, 0.15) is 5.15 Å². The minimum atomic E-state index is 0.0923. The quantitative estimate of drug-likeness (QED) is 0.870. The molecule has 1 aromatic heterocycles. The van der Waals surface area contributed by atoms with Crippen molar-refractivity contribution >= 4 is 17.5 Å². The highest BCUT2D eigenvalue weighted by Crippen LogP contribution is 2.20. The van der Waals surface area contributed by atoms with Gasteiger partial charge in [0.2, 0.25) is 5.91 Å². The summed E-state index contributed by atoms with van der Waals surface area (Å²) in [5.74, 6) is 0.0923. The van der Waals surface area contributed by atoms with E-state index in [-0.39, 0.29) is 18.6 Å². The fraction of sp³-hybridized carbons (Fsp3) is 0.733. The Hall–Kier alpha value is -1.11.